The number of aromatic nitrogens is 2. The molecule has 0 aliphatic heterocycles. The molecule has 6 nitrogen and oxygen atoms in total. The number of aromatic amines is 1. The molecule has 160 valence electrons. The van der Waals surface area contributed by atoms with Crippen LogP contribution in [0.4, 0.5) is 0 Å². The minimum atomic E-state index is 0. The van der Waals surface area contributed by atoms with Gasteiger partial charge in [-0.1, -0.05) is 18.2 Å². The van der Waals surface area contributed by atoms with Crippen LogP contribution in [0.25, 0.3) is 10.9 Å². The molecule has 0 bridgehead atoms. The van der Waals surface area contributed by atoms with Crippen molar-refractivity contribution in [1.82, 2.24) is 20.6 Å². The number of fused-ring (bicyclic) bond motifs is 1. The summed E-state index contributed by atoms with van der Waals surface area (Å²) < 4.78 is 5.77. The minimum absolute atomic E-state index is 0. The second kappa shape index (κ2) is 10.7. The van der Waals surface area contributed by atoms with Crippen LogP contribution in [0.5, 0.6) is 5.88 Å². The molecule has 0 radical (unpaired) electrons. The molecule has 2 aromatic heterocycles. The van der Waals surface area contributed by atoms with Crippen LogP contribution in [0.15, 0.2) is 47.7 Å². The van der Waals surface area contributed by atoms with Crippen LogP contribution < -0.4 is 15.4 Å². The first-order valence-corrected chi connectivity index (χ1v) is 10.3. The molecule has 30 heavy (non-hydrogen) atoms. The molecule has 1 aliphatic carbocycles. The highest BCUT2D eigenvalue weighted by atomic mass is 127. The van der Waals surface area contributed by atoms with Crippen molar-refractivity contribution in [1.29, 1.82) is 0 Å². The van der Waals surface area contributed by atoms with Crippen molar-refractivity contribution in [2.45, 2.75) is 32.7 Å². The van der Waals surface area contributed by atoms with Gasteiger partial charge in [0.15, 0.2) is 5.96 Å². The van der Waals surface area contributed by atoms with Crippen LogP contribution in [0, 0.1) is 12.8 Å². The fourth-order valence-corrected chi connectivity index (χ4v) is 3.42. The van der Waals surface area contributed by atoms with E-state index in [4.69, 9.17) is 4.74 Å². The first-order chi connectivity index (χ1) is 14.2. The van der Waals surface area contributed by atoms with Crippen molar-refractivity contribution in [3.63, 3.8) is 0 Å². The lowest BCUT2D eigenvalue weighted by molar-refractivity contribution is 0.288. The Balaban J connectivity index is 0.00000256. The quantitative estimate of drug-likeness (QED) is 0.237. The number of aliphatic imine (C=N–C) groups is 1. The lowest BCUT2D eigenvalue weighted by Gasteiger charge is -2.12. The lowest BCUT2D eigenvalue weighted by atomic mass is 10.1. The number of guanidine groups is 1. The average Bonchev–Trinajstić information content (AvgIpc) is 3.48. The zero-order valence-electron chi connectivity index (χ0n) is 17.6. The monoisotopic (exact) mass is 519 g/mol. The summed E-state index contributed by atoms with van der Waals surface area (Å²) in [7, 11) is 1.79. The Morgan fingerprint density at radius 1 is 1.27 bits per heavy atom. The van der Waals surface area contributed by atoms with Gasteiger partial charge in [-0.05, 0) is 54.9 Å². The van der Waals surface area contributed by atoms with E-state index in [0.29, 0.717) is 12.4 Å². The number of pyridine rings is 1. The Morgan fingerprint density at radius 3 is 2.93 bits per heavy atom. The Hall–Kier alpha value is -2.29. The largest absolute Gasteiger partial charge is 0.477 e. The van der Waals surface area contributed by atoms with Crippen molar-refractivity contribution in [3.05, 3.63) is 59.4 Å². The molecule has 4 rings (SSSR count). The number of para-hydroxylation sites is 1. The molecule has 1 fully saturated rings. The number of nitrogens with zero attached hydrogens (tertiary/aromatic N) is 2. The first-order valence-electron chi connectivity index (χ1n) is 10.3. The predicted octanol–water partition coefficient (Wildman–Crippen LogP) is 4.19. The second-order valence-corrected chi connectivity index (χ2v) is 7.67. The van der Waals surface area contributed by atoms with Gasteiger partial charge in [0.2, 0.25) is 5.88 Å². The van der Waals surface area contributed by atoms with Crippen molar-refractivity contribution >= 4 is 40.8 Å². The molecule has 0 unspecified atom stereocenters. The maximum atomic E-state index is 5.77. The number of hydrogen-bond acceptors (Lipinski definition) is 3. The number of benzene rings is 1. The SMILES string of the molecule is CN=C(NCCc1c[nH]c2c(C)cccc12)NCc1ccnc(OCC2CC2)c1.I. The summed E-state index contributed by atoms with van der Waals surface area (Å²) >= 11 is 0. The third kappa shape index (κ3) is 5.87. The third-order valence-corrected chi connectivity index (χ3v) is 5.34. The molecular weight excluding hydrogens is 489 g/mol. The molecule has 1 aromatic carbocycles. The molecular formula is C23H30IN5O. The van der Waals surface area contributed by atoms with E-state index in [9.17, 15) is 0 Å². The number of hydrogen-bond donors (Lipinski definition) is 3. The van der Waals surface area contributed by atoms with Gasteiger partial charge < -0.3 is 20.4 Å². The van der Waals surface area contributed by atoms with E-state index in [0.717, 1.165) is 37.0 Å². The Kier molecular flexibility index (Phi) is 7.95. The third-order valence-electron chi connectivity index (χ3n) is 5.34. The smallest absolute Gasteiger partial charge is 0.213 e. The zero-order valence-corrected chi connectivity index (χ0v) is 19.9. The summed E-state index contributed by atoms with van der Waals surface area (Å²) in [5.41, 5.74) is 4.94. The van der Waals surface area contributed by atoms with E-state index in [1.165, 1.54) is 34.9 Å². The van der Waals surface area contributed by atoms with E-state index in [1.54, 1.807) is 13.2 Å². The molecule has 0 atom stereocenters. The van der Waals surface area contributed by atoms with Crippen LogP contribution in [0.3, 0.4) is 0 Å². The summed E-state index contributed by atoms with van der Waals surface area (Å²) in [6.07, 6.45) is 7.39. The van der Waals surface area contributed by atoms with Gasteiger partial charge in [0, 0.05) is 49.5 Å². The average molecular weight is 519 g/mol. The molecule has 3 aromatic rings. The molecule has 3 N–H and O–H groups in total. The van der Waals surface area contributed by atoms with E-state index in [-0.39, 0.29) is 24.0 Å². The van der Waals surface area contributed by atoms with E-state index < -0.39 is 0 Å². The minimum Gasteiger partial charge on any atom is -0.477 e. The maximum Gasteiger partial charge on any atom is 0.213 e. The highest BCUT2D eigenvalue weighted by molar-refractivity contribution is 14.0. The molecule has 1 aliphatic rings. The van der Waals surface area contributed by atoms with Gasteiger partial charge in [-0.3, -0.25) is 4.99 Å². The zero-order chi connectivity index (χ0) is 20.1. The van der Waals surface area contributed by atoms with Gasteiger partial charge >= 0.3 is 0 Å². The fraction of sp³-hybridized carbons (Fsp3) is 0.391. The highest BCUT2D eigenvalue weighted by Gasteiger charge is 2.22. The van der Waals surface area contributed by atoms with Crippen molar-refractivity contribution in [2.75, 3.05) is 20.2 Å². The van der Waals surface area contributed by atoms with Crippen LogP contribution in [-0.2, 0) is 13.0 Å². The Labute approximate surface area is 194 Å². The molecule has 0 amide bonds. The van der Waals surface area contributed by atoms with Gasteiger partial charge in [0.1, 0.15) is 0 Å². The van der Waals surface area contributed by atoms with E-state index >= 15 is 0 Å². The topological polar surface area (TPSA) is 74.3 Å². The standard InChI is InChI=1S/C23H29N5O.HI/c1-16-4-3-5-20-19(14-27-22(16)20)9-11-26-23(24-2)28-13-18-8-10-25-21(12-18)29-15-17-6-7-17;/h3-5,8,10,12,14,17,27H,6-7,9,11,13,15H2,1-2H3,(H2,24,26,28);1H. The predicted molar refractivity (Wildman–Crippen MR) is 133 cm³/mol. The van der Waals surface area contributed by atoms with Gasteiger partial charge in [-0.15, -0.1) is 24.0 Å². The molecule has 0 saturated heterocycles. The highest BCUT2D eigenvalue weighted by Crippen LogP contribution is 2.29. The summed E-state index contributed by atoms with van der Waals surface area (Å²) in [6, 6.07) is 10.4. The Morgan fingerprint density at radius 2 is 2.13 bits per heavy atom. The molecule has 0 spiro atoms. The second-order valence-electron chi connectivity index (χ2n) is 7.67. The van der Waals surface area contributed by atoms with Gasteiger partial charge in [-0.2, -0.15) is 0 Å². The van der Waals surface area contributed by atoms with Crippen molar-refractivity contribution in [3.8, 4) is 5.88 Å². The van der Waals surface area contributed by atoms with E-state index in [2.05, 4.69) is 56.9 Å². The van der Waals surface area contributed by atoms with Crippen molar-refractivity contribution in [2.24, 2.45) is 10.9 Å². The molecule has 7 heteroatoms. The summed E-state index contributed by atoms with van der Waals surface area (Å²) in [5.74, 6) is 2.22. The van der Waals surface area contributed by atoms with Crippen LogP contribution in [0.2, 0.25) is 0 Å². The number of H-pyrrole nitrogens is 1. The number of rotatable bonds is 8. The van der Waals surface area contributed by atoms with Crippen LogP contribution in [0.1, 0.15) is 29.5 Å². The molecule has 2 heterocycles. The maximum absolute atomic E-state index is 5.77. The summed E-state index contributed by atoms with van der Waals surface area (Å²) in [5, 5.41) is 8.06. The van der Waals surface area contributed by atoms with Gasteiger partial charge in [-0.25, -0.2) is 4.98 Å². The van der Waals surface area contributed by atoms with Crippen LogP contribution >= 0.6 is 24.0 Å². The first kappa shape index (κ1) is 22.4. The number of aryl methyl sites for hydroxylation is 1. The lowest BCUT2D eigenvalue weighted by Crippen LogP contribution is -2.37. The summed E-state index contributed by atoms with van der Waals surface area (Å²) in [4.78, 5) is 12.0. The summed E-state index contributed by atoms with van der Waals surface area (Å²) in [6.45, 7) is 4.40. The van der Waals surface area contributed by atoms with Gasteiger partial charge in [0.05, 0.1) is 6.61 Å². The Bertz CT molecular complexity index is 996. The normalized spacial score (nSPS) is 13.7. The van der Waals surface area contributed by atoms with E-state index in [1.807, 2.05) is 12.1 Å². The van der Waals surface area contributed by atoms with Crippen LogP contribution in [-0.4, -0.2) is 36.1 Å². The van der Waals surface area contributed by atoms with Gasteiger partial charge in [0.25, 0.3) is 0 Å². The number of ether oxygens (including phenoxy) is 1. The fourth-order valence-electron chi connectivity index (χ4n) is 3.42. The number of nitrogens with one attached hydrogen (secondary N) is 3. The number of halogens is 1. The molecule has 1 saturated carbocycles. The van der Waals surface area contributed by atoms with Crippen molar-refractivity contribution < 1.29 is 4.74 Å².